The molecule has 3 unspecified atom stereocenters. The third-order valence-corrected chi connectivity index (χ3v) is 3.58. The van der Waals surface area contributed by atoms with Gasteiger partial charge in [0.05, 0.1) is 7.11 Å². The molecule has 2 rings (SSSR count). The highest BCUT2D eigenvalue weighted by Gasteiger charge is 2.51. The normalized spacial score (nSPS) is 37.8. The van der Waals surface area contributed by atoms with Gasteiger partial charge in [-0.25, -0.2) is 0 Å². The van der Waals surface area contributed by atoms with Gasteiger partial charge < -0.3 is 4.74 Å². The first kappa shape index (κ1) is 9.93. The first-order valence-electron chi connectivity index (χ1n) is 5.22. The number of carbonyl (C=O) groups is 1. The van der Waals surface area contributed by atoms with Crippen LogP contribution in [0.5, 0.6) is 0 Å². The summed E-state index contributed by atoms with van der Waals surface area (Å²) in [6.07, 6.45) is 1.12. The topological polar surface area (TPSA) is 32.8 Å². The number of methoxy groups -OCH3 is 1. The van der Waals surface area contributed by atoms with E-state index in [-0.39, 0.29) is 12.0 Å². The molecule has 0 aromatic heterocycles. The van der Waals surface area contributed by atoms with Crippen LogP contribution in [0.4, 0.5) is 0 Å². The maximum atomic E-state index is 11.6. The molecule has 4 nitrogen and oxygen atoms in total. The Balaban J connectivity index is 2.17. The second kappa shape index (κ2) is 3.51. The number of nitrogens with zero attached hydrogens (tertiary/aromatic N) is 2. The number of rotatable bonds is 2. The van der Waals surface area contributed by atoms with E-state index in [0.29, 0.717) is 12.1 Å². The van der Waals surface area contributed by atoms with Gasteiger partial charge in [-0.2, -0.15) is 0 Å². The van der Waals surface area contributed by atoms with Gasteiger partial charge in [0.25, 0.3) is 0 Å². The van der Waals surface area contributed by atoms with Crippen molar-refractivity contribution in [2.24, 2.45) is 0 Å². The van der Waals surface area contributed by atoms with Crippen molar-refractivity contribution in [1.29, 1.82) is 0 Å². The molecule has 0 aromatic carbocycles. The van der Waals surface area contributed by atoms with Crippen LogP contribution in [0.3, 0.4) is 0 Å². The SMILES string of the molecule is CCN1C2CC(C1C(=O)OC)N(C)C2. The summed E-state index contributed by atoms with van der Waals surface area (Å²) in [7, 11) is 3.57. The van der Waals surface area contributed by atoms with Gasteiger partial charge in [-0.1, -0.05) is 6.92 Å². The van der Waals surface area contributed by atoms with Crippen LogP contribution in [0.1, 0.15) is 13.3 Å². The summed E-state index contributed by atoms with van der Waals surface area (Å²) >= 11 is 0. The molecule has 0 aromatic rings. The number of hydrogen-bond acceptors (Lipinski definition) is 4. The van der Waals surface area contributed by atoms with Crippen molar-refractivity contribution in [1.82, 2.24) is 9.80 Å². The minimum absolute atomic E-state index is 0.0336. The lowest BCUT2D eigenvalue weighted by molar-refractivity contribution is -0.149. The van der Waals surface area contributed by atoms with Gasteiger partial charge in [0, 0.05) is 18.6 Å². The van der Waals surface area contributed by atoms with Gasteiger partial charge in [-0.3, -0.25) is 14.6 Å². The Kier molecular flexibility index (Phi) is 2.49. The fraction of sp³-hybridized carbons (Fsp3) is 0.900. The van der Waals surface area contributed by atoms with E-state index >= 15 is 0 Å². The van der Waals surface area contributed by atoms with Crippen LogP contribution in [0.15, 0.2) is 0 Å². The van der Waals surface area contributed by atoms with Crippen LogP contribution in [-0.2, 0) is 9.53 Å². The quantitative estimate of drug-likeness (QED) is 0.582. The van der Waals surface area contributed by atoms with Crippen molar-refractivity contribution < 1.29 is 9.53 Å². The van der Waals surface area contributed by atoms with Crippen LogP contribution < -0.4 is 0 Å². The molecule has 80 valence electrons. The first-order valence-corrected chi connectivity index (χ1v) is 5.22. The highest BCUT2D eigenvalue weighted by Crippen LogP contribution is 2.34. The molecule has 0 aliphatic carbocycles. The Hall–Kier alpha value is -0.610. The van der Waals surface area contributed by atoms with Gasteiger partial charge in [0.15, 0.2) is 0 Å². The number of ether oxygens (including phenoxy) is 1. The van der Waals surface area contributed by atoms with Crippen LogP contribution >= 0.6 is 0 Å². The molecule has 0 amide bonds. The lowest BCUT2D eigenvalue weighted by Gasteiger charge is -2.37. The molecular weight excluding hydrogens is 180 g/mol. The second-order valence-electron chi connectivity index (χ2n) is 4.19. The number of likely N-dealkylation sites (tertiary alicyclic amines) is 2. The van der Waals surface area contributed by atoms with E-state index in [1.54, 1.807) is 0 Å². The Bertz CT molecular complexity index is 242. The highest BCUT2D eigenvalue weighted by molar-refractivity contribution is 5.77. The third kappa shape index (κ3) is 1.25. The van der Waals surface area contributed by atoms with Gasteiger partial charge >= 0.3 is 5.97 Å². The molecule has 0 saturated carbocycles. The van der Waals surface area contributed by atoms with Crippen molar-refractivity contribution in [3.63, 3.8) is 0 Å². The third-order valence-electron chi connectivity index (χ3n) is 3.58. The minimum Gasteiger partial charge on any atom is -0.468 e. The monoisotopic (exact) mass is 198 g/mol. The number of hydrogen-bond donors (Lipinski definition) is 0. The smallest absolute Gasteiger partial charge is 0.324 e. The Labute approximate surface area is 84.8 Å². The Morgan fingerprint density at radius 1 is 1.57 bits per heavy atom. The predicted molar refractivity (Wildman–Crippen MR) is 53.0 cm³/mol. The fourth-order valence-corrected chi connectivity index (χ4v) is 2.93. The molecule has 2 fully saturated rings. The van der Waals surface area contributed by atoms with E-state index in [1.165, 1.54) is 7.11 Å². The molecule has 0 radical (unpaired) electrons. The molecule has 0 spiro atoms. The van der Waals surface area contributed by atoms with Gasteiger partial charge in [-0.05, 0) is 20.0 Å². The average molecular weight is 198 g/mol. The summed E-state index contributed by atoms with van der Waals surface area (Å²) in [6, 6.07) is 0.889. The number of likely N-dealkylation sites (N-methyl/N-ethyl adjacent to an activating group) is 2. The van der Waals surface area contributed by atoms with E-state index in [0.717, 1.165) is 19.5 Å². The van der Waals surface area contributed by atoms with Crippen molar-refractivity contribution in [2.45, 2.75) is 31.5 Å². The summed E-state index contributed by atoms with van der Waals surface area (Å²) in [5.74, 6) is -0.0779. The maximum absolute atomic E-state index is 11.6. The van der Waals surface area contributed by atoms with Crippen molar-refractivity contribution in [2.75, 3.05) is 27.2 Å². The first-order chi connectivity index (χ1) is 6.69. The zero-order valence-electron chi connectivity index (χ0n) is 9.06. The summed E-state index contributed by atoms with van der Waals surface area (Å²) < 4.78 is 4.86. The zero-order valence-corrected chi connectivity index (χ0v) is 9.06. The number of fused-ring (bicyclic) bond motifs is 2. The minimum atomic E-state index is -0.0779. The molecule has 2 bridgehead atoms. The average Bonchev–Trinajstić information content (AvgIpc) is 2.71. The van der Waals surface area contributed by atoms with Gasteiger partial charge in [0.1, 0.15) is 6.04 Å². The predicted octanol–water partition coefficient (Wildman–Crippen LogP) is -0.0638. The molecule has 14 heavy (non-hydrogen) atoms. The summed E-state index contributed by atoms with van der Waals surface area (Å²) in [6.45, 7) is 4.14. The van der Waals surface area contributed by atoms with E-state index in [2.05, 4.69) is 23.8 Å². The number of carbonyl (C=O) groups excluding carboxylic acids is 1. The standard InChI is InChI=1S/C10H18N2O2/c1-4-12-7-5-8(11(2)6-7)9(12)10(13)14-3/h7-9H,4-6H2,1-3H3. The Morgan fingerprint density at radius 2 is 2.29 bits per heavy atom. The lowest BCUT2D eigenvalue weighted by atomic mass is 10.1. The summed E-state index contributed by atoms with van der Waals surface area (Å²) in [5.41, 5.74) is 0. The Morgan fingerprint density at radius 3 is 2.86 bits per heavy atom. The largest absolute Gasteiger partial charge is 0.468 e. The molecule has 2 aliphatic rings. The zero-order chi connectivity index (χ0) is 10.3. The van der Waals surface area contributed by atoms with Gasteiger partial charge in [0.2, 0.25) is 0 Å². The highest BCUT2D eigenvalue weighted by atomic mass is 16.5. The van der Waals surface area contributed by atoms with Crippen molar-refractivity contribution in [3.8, 4) is 0 Å². The molecule has 2 saturated heterocycles. The van der Waals surface area contributed by atoms with Crippen LogP contribution in [0.2, 0.25) is 0 Å². The van der Waals surface area contributed by atoms with Crippen molar-refractivity contribution >= 4 is 5.97 Å². The molecular formula is C10H18N2O2. The fourth-order valence-electron chi connectivity index (χ4n) is 2.93. The van der Waals surface area contributed by atoms with E-state index in [1.807, 2.05) is 0 Å². The summed E-state index contributed by atoms with van der Waals surface area (Å²) in [4.78, 5) is 16.2. The van der Waals surface area contributed by atoms with Crippen molar-refractivity contribution in [3.05, 3.63) is 0 Å². The molecule has 4 heteroatoms. The summed E-state index contributed by atoms with van der Waals surface area (Å²) in [5, 5.41) is 0. The van der Waals surface area contributed by atoms with E-state index in [4.69, 9.17) is 4.74 Å². The van der Waals surface area contributed by atoms with Crippen LogP contribution in [0, 0.1) is 0 Å². The maximum Gasteiger partial charge on any atom is 0.324 e. The second-order valence-corrected chi connectivity index (χ2v) is 4.19. The molecule has 2 heterocycles. The van der Waals surface area contributed by atoms with Crippen LogP contribution in [0.25, 0.3) is 0 Å². The van der Waals surface area contributed by atoms with E-state index < -0.39 is 0 Å². The molecule has 0 N–H and O–H groups in total. The van der Waals surface area contributed by atoms with Crippen LogP contribution in [-0.4, -0.2) is 61.1 Å². The molecule has 2 aliphatic heterocycles. The lowest BCUT2D eigenvalue weighted by Crippen LogP contribution is -2.55. The molecule has 3 atom stereocenters. The number of esters is 1. The number of piperazine rings is 1. The van der Waals surface area contributed by atoms with Gasteiger partial charge in [-0.15, -0.1) is 0 Å². The van der Waals surface area contributed by atoms with E-state index in [9.17, 15) is 4.79 Å².